The zero-order valence-electron chi connectivity index (χ0n) is 12.6. The molecule has 4 heteroatoms. The number of imide groups is 1. The van der Waals surface area contributed by atoms with E-state index < -0.39 is 0 Å². The van der Waals surface area contributed by atoms with Gasteiger partial charge in [0, 0.05) is 19.2 Å². The normalized spacial score (nSPS) is 19.7. The molecule has 1 fully saturated rings. The Kier molecular flexibility index (Phi) is 3.84. The molecule has 2 rings (SSSR count). The lowest BCUT2D eigenvalue weighted by Gasteiger charge is -2.32. The summed E-state index contributed by atoms with van der Waals surface area (Å²) < 4.78 is 0. The van der Waals surface area contributed by atoms with Gasteiger partial charge in [-0.15, -0.1) is 0 Å². The van der Waals surface area contributed by atoms with Crippen LogP contribution in [-0.2, 0) is 15.0 Å². The number of piperidine rings is 1. The maximum Gasteiger partial charge on any atom is 0.249 e. The summed E-state index contributed by atoms with van der Waals surface area (Å²) >= 11 is 0. The minimum atomic E-state index is -0.275. The molecule has 108 valence electrons. The number of nitrogens with zero attached hydrogens (tertiary/aromatic N) is 1. The molecule has 0 bridgehead atoms. The third kappa shape index (κ3) is 3.00. The van der Waals surface area contributed by atoms with Gasteiger partial charge >= 0.3 is 0 Å². The van der Waals surface area contributed by atoms with Gasteiger partial charge in [-0.05, 0) is 29.5 Å². The van der Waals surface area contributed by atoms with E-state index in [4.69, 9.17) is 0 Å². The smallest absolute Gasteiger partial charge is 0.249 e. The maximum absolute atomic E-state index is 11.9. The molecule has 1 N–H and O–H groups in total. The Bertz CT molecular complexity index is 532. The van der Waals surface area contributed by atoms with Crippen LogP contribution in [0.1, 0.15) is 39.2 Å². The average Bonchev–Trinajstić information content (AvgIpc) is 2.37. The Morgan fingerprint density at radius 3 is 2.55 bits per heavy atom. The van der Waals surface area contributed by atoms with Crippen LogP contribution in [-0.4, -0.2) is 24.9 Å². The molecule has 2 amide bonds. The fourth-order valence-corrected chi connectivity index (χ4v) is 2.42. The number of rotatable bonds is 2. The predicted octanol–water partition coefficient (Wildman–Crippen LogP) is 2.23. The van der Waals surface area contributed by atoms with Gasteiger partial charge in [-0.3, -0.25) is 14.9 Å². The molecule has 4 nitrogen and oxygen atoms in total. The third-order valence-corrected chi connectivity index (χ3v) is 3.80. The van der Waals surface area contributed by atoms with Crippen molar-refractivity contribution in [3.63, 3.8) is 0 Å². The lowest BCUT2D eigenvalue weighted by molar-refractivity contribution is -0.134. The van der Waals surface area contributed by atoms with Crippen molar-refractivity contribution in [2.45, 2.75) is 45.1 Å². The van der Waals surface area contributed by atoms with Gasteiger partial charge in [0.05, 0.1) is 0 Å². The summed E-state index contributed by atoms with van der Waals surface area (Å²) in [5.74, 6) is -0.381. The van der Waals surface area contributed by atoms with Crippen LogP contribution >= 0.6 is 0 Å². The van der Waals surface area contributed by atoms with Crippen molar-refractivity contribution >= 4 is 17.5 Å². The molecule has 0 spiro atoms. The highest BCUT2D eigenvalue weighted by Crippen LogP contribution is 2.27. The Labute approximate surface area is 120 Å². The first-order chi connectivity index (χ1) is 9.29. The molecule has 0 aromatic heterocycles. The van der Waals surface area contributed by atoms with Crippen LogP contribution in [0.15, 0.2) is 24.3 Å². The lowest BCUT2D eigenvalue weighted by atomic mass is 9.86. The number of hydrogen-bond acceptors (Lipinski definition) is 3. The van der Waals surface area contributed by atoms with Gasteiger partial charge in [-0.25, -0.2) is 0 Å². The minimum absolute atomic E-state index is 0.0711. The topological polar surface area (TPSA) is 49.4 Å². The van der Waals surface area contributed by atoms with E-state index in [1.807, 2.05) is 24.1 Å². The average molecular weight is 274 g/mol. The highest BCUT2D eigenvalue weighted by atomic mass is 16.2. The van der Waals surface area contributed by atoms with Gasteiger partial charge in [-0.1, -0.05) is 32.9 Å². The summed E-state index contributed by atoms with van der Waals surface area (Å²) in [7, 11) is 1.90. The number of carbonyl (C=O) groups excluding carboxylic acids is 2. The van der Waals surface area contributed by atoms with Crippen LogP contribution < -0.4 is 10.2 Å². The van der Waals surface area contributed by atoms with Crippen LogP contribution in [0.3, 0.4) is 0 Å². The molecule has 1 unspecified atom stereocenters. The SMILES string of the molecule is CN(c1cccc(C(C)(C)C)c1)C1CCC(=O)NC1=O. The van der Waals surface area contributed by atoms with E-state index in [1.165, 1.54) is 5.56 Å². The quantitative estimate of drug-likeness (QED) is 0.841. The molecule has 20 heavy (non-hydrogen) atoms. The van der Waals surface area contributed by atoms with Gasteiger partial charge in [0.2, 0.25) is 11.8 Å². The molecule has 0 aliphatic carbocycles. The minimum Gasteiger partial charge on any atom is -0.363 e. The van der Waals surface area contributed by atoms with Gasteiger partial charge in [-0.2, -0.15) is 0 Å². The summed E-state index contributed by atoms with van der Waals surface area (Å²) in [5.41, 5.74) is 2.31. The zero-order valence-corrected chi connectivity index (χ0v) is 12.6. The maximum atomic E-state index is 11.9. The molecule has 1 aromatic carbocycles. The number of amides is 2. The van der Waals surface area contributed by atoms with Gasteiger partial charge in [0.1, 0.15) is 6.04 Å². The van der Waals surface area contributed by atoms with Gasteiger partial charge in [0.25, 0.3) is 0 Å². The van der Waals surface area contributed by atoms with Crippen molar-refractivity contribution in [2.24, 2.45) is 0 Å². The molecule has 1 aromatic rings. The molecule has 1 heterocycles. The molecule has 0 saturated carbocycles. The van der Waals surface area contributed by atoms with E-state index >= 15 is 0 Å². The first-order valence-electron chi connectivity index (χ1n) is 6.96. The van der Waals surface area contributed by atoms with E-state index in [9.17, 15) is 9.59 Å². The van der Waals surface area contributed by atoms with Gasteiger partial charge < -0.3 is 4.90 Å². The first-order valence-corrected chi connectivity index (χ1v) is 6.96. The first kappa shape index (κ1) is 14.6. The number of carbonyl (C=O) groups is 2. The number of benzene rings is 1. The van der Waals surface area contributed by atoms with Crippen LogP contribution in [0.25, 0.3) is 0 Å². The van der Waals surface area contributed by atoms with E-state index in [2.05, 4.69) is 38.2 Å². The molecule has 0 radical (unpaired) electrons. The van der Waals surface area contributed by atoms with E-state index in [0.29, 0.717) is 12.8 Å². The Balaban J connectivity index is 2.23. The lowest BCUT2D eigenvalue weighted by Crippen LogP contribution is -2.51. The largest absolute Gasteiger partial charge is 0.363 e. The molecule has 1 aliphatic rings. The summed E-state index contributed by atoms with van der Waals surface area (Å²) in [5, 5.41) is 2.41. The van der Waals surface area contributed by atoms with Crippen molar-refractivity contribution in [3.8, 4) is 0 Å². The van der Waals surface area contributed by atoms with Gasteiger partial charge in [0.15, 0.2) is 0 Å². The predicted molar refractivity (Wildman–Crippen MR) is 79.7 cm³/mol. The molecular formula is C16H22N2O2. The van der Waals surface area contributed by atoms with E-state index in [1.54, 1.807) is 0 Å². The monoisotopic (exact) mass is 274 g/mol. The number of nitrogens with one attached hydrogen (secondary N) is 1. The number of anilines is 1. The standard InChI is InChI=1S/C16H22N2O2/c1-16(2,3)11-6-5-7-12(10-11)18(4)13-8-9-14(19)17-15(13)20/h5-7,10,13H,8-9H2,1-4H3,(H,17,19,20). The Morgan fingerprint density at radius 2 is 1.95 bits per heavy atom. The van der Waals surface area contributed by atoms with Crippen LogP contribution in [0.5, 0.6) is 0 Å². The zero-order chi connectivity index (χ0) is 14.9. The third-order valence-electron chi connectivity index (χ3n) is 3.80. The van der Waals surface area contributed by atoms with Crippen molar-refractivity contribution in [1.29, 1.82) is 0 Å². The fraction of sp³-hybridized carbons (Fsp3) is 0.500. The second-order valence-electron chi connectivity index (χ2n) is 6.38. The Hall–Kier alpha value is -1.84. The second-order valence-corrected chi connectivity index (χ2v) is 6.38. The van der Waals surface area contributed by atoms with Crippen molar-refractivity contribution < 1.29 is 9.59 Å². The van der Waals surface area contributed by atoms with Crippen LogP contribution in [0.2, 0.25) is 0 Å². The fourth-order valence-electron chi connectivity index (χ4n) is 2.42. The second kappa shape index (κ2) is 5.27. The van der Waals surface area contributed by atoms with Crippen LogP contribution in [0, 0.1) is 0 Å². The van der Waals surface area contributed by atoms with Crippen molar-refractivity contribution in [1.82, 2.24) is 5.32 Å². The summed E-state index contributed by atoms with van der Waals surface area (Å²) in [6.07, 6.45) is 0.973. The summed E-state index contributed by atoms with van der Waals surface area (Å²) in [4.78, 5) is 25.1. The summed E-state index contributed by atoms with van der Waals surface area (Å²) in [6.45, 7) is 6.49. The number of hydrogen-bond donors (Lipinski definition) is 1. The molecular weight excluding hydrogens is 252 g/mol. The summed E-state index contributed by atoms with van der Waals surface area (Å²) in [6, 6.07) is 7.95. The number of likely N-dealkylation sites (N-methyl/N-ethyl adjacent to an activating group) is 1. The van der Waals surface area contributed by atoms with Crippen molar-refractivity contribution in [2.75, 3.05) is 11.9 Å². The highest BCUT2D eigenvalue weighted by Gasteiger charge is 2.30. The molecule has 1 aliphatic heterocycles. The Morgan fingerprint density at radius 1 is 1.25 bits per heavy atom. The highest BCUT2D eigenvalue weighted by molar-refractivity contribution is 6.01. The molecule has 1 saturated heterocycles. The van der Waals surface area contributed by atoms with E-state index in [-0.39, 0.29) is 23.3 Å². The van der Waals surface area contributed by atoms with Crippen LogP contribution in [0.4, 0.5) is 5.69 Å². The van der Waals surface area contributed by atoms with E-state index in [0.717, 1.165) is 5.69 Å². The van der Waals surface area contributed by atoms with Crippen molar-refractivity contribution in [3.05, 3.63) is 29.8 Å². The molecule has 1 atom stereocenters.